The van der Waals surface area contributed by atoms with Crippen LogP contribution in [0.2, 0.25) is 5.02 Å². The minimum atomic E-state index is -0.667. The molecule has 3 aliphatic rings. The minimum Gasteiger partial charge on any atom is -0.356 e. The van der Waals surface area contributed by atoms with Gasteiger partial charge in [0, 0.05) is 43.9 Å². The Morgan fingerprint density at radius 3 is 2.61 bits per heavy atom. The van der Waals surface area contributed by atoms with Crippen molar-refractivity contribution in [2.24, 2.45) is 0 Å². The molecule has 0 saturated carbocycles. The number of amides is 1. The van der Waals surface area contributed by atoms with Gasteiger partial charge in [0.15, 0.2) is 0 Å². The lowest BCUT2D eigenvalue weighted by atomic mass is 9.86. The number of carbonyl (C=O) groups excluding carboxylic acids is 1. The number of halogens is 2. The van der Waals surface area contributed by atoms with E-state index in [1.165, 1.54) is 25.2 Å². The van der Waals surface area contributed by atoms with Crippen molar-refractivity contribution in [3.63, 3.8) is 0 Å². The zero-order valence-corrected chi connectivity index (χ0v) is 22.6. The fourth-order valence-electron chi connectivity index (χ4n) is 6.00. The highest BCUT2D eigenvalue weighted by Crippen LogP contribution is 2.42. The van der Waals surface area contributed by atoms with Crippen molar-refractivity contribution in [1.82, 2.24) is 24.4 Å². The van der Waals surface area contributed by atoms with E-state index < -0.39 is 11.2 Å². The van der Waals surface area contributed by atoms with E-state index in [1.54, 1.807) is 12.1 Å². The van der Waals surface area contributed by atoms with Gasteiger partial charge in [0.2, 0.25) is 5.91 Å². The second kappa shape index (κ2) is 9.93. The van der Waals surface area contributed by atoms with Crippen LogP contribution in [0, 0.1) is 5.82 Å². The smallest absolute Gasteiger partial charge is 0.235 e. The van der Waals surface area contributed by atoms with E-state index in [1.807, 2.05) is 13.8 Å². The number of hydrogen-bond donors (Lipinski definition) is 1. The molecular weight excluding hydrogens is 505 g/mol. The molecule has 38 heavy (non-hydrogen) atoms. The molecule has 0 atom stereocenters. The zero-order valence-electron chi connectivity index (χ0n) is 21.9. The molecule has 8 nitrogen and oxygen atoms in total. The van der Waals surface area contributed by atoms with Crippen molar-refractivity contribution in [2.75, 3.05) is 42.9 Å². The van der Waals surface area contributed by atoms with Gasteiger partial charge in [-0.2, -0.15) is 0 Å². The first-order valence-electron chi connectivity index (χ1n) is 13.5. The Hall–Kier alpha value is -3.04. The number of nitrogens with zero attached hydrogens (tertiary/aromatic N) is 6. The Morgan fingerprint density at radius 2 is 1.87 bits per heavy atom. The first-order valence-corrected chi connectivity index (χ1v) is 13.9. The van der Waals surface area contributed by atoms with Crippen molar-refractivity contribution in [1.29, 1.82) is 0 Å². The summed E-state index contributed by atoms with van der Waals surface area (Å²) in [6.45, 7) is 9.65. The van der Waals surface area contributed by atoms with Crippen LogP contribution in [0.5, 0.6) is 0 Å². The third-order valence-electron chi connectivity index (χ3n) is 8.29. The van der Waals surface area contributed by atoms with E-state index in [2.05, 4.69) is 35.8 Å². The van der Waals surface area contributed by atoms with Crippen molar-refractivity contribution < 1.29 is 9.18 Å². The first kappa shape index (κ1) is 25.2. The number of benzene rings is 1. The Bertz CT molecular complexity index is 1360. The van der Waals surface area contributed by atoms with Gasteiger partial charge in [0.1, 0.15) is 29.6 Å². The standard InChI is InChI=1S/C28H33ClFN7O/c1-28(2)23-24(34-27(28)38)31-17-32-26(23)36-11-7-18(8-12-36)25-33-22(19-5-6-21(30)20(29)15-19)16-37(25)14-13-35-9-3-4-10-35/h5-6,15-18H,3-4,7-14H2,1-2H3,(H,31,32,34,38). The zero-order chi connectivity index (χ0) is 26.4. The fourth-order valence-corrected chi connectivity index (χ4v) is 6.18. The molecule has 2 fully saturated rings. The number of piperidine rings is 1. The molecule has 10 heteroatoms. The monoisotopic (exact) mass is 537 g/mol. The van der Waals surface area contributed by atoms with Crippen LogP contribution >= 0.6 is 11.6 Å². The largest absolute Gasteiger partial charge is 0.356 e. The van der Waals surface area contributed by atoms with E-state index in [-0.39, 0.29) is 16.8 Å². The summed E-state index contributed by atoms with van der Waals surface area (Å²) in [7, 11) is 0. The molecule has 3 aliphatic heterocycles. The van der Waals surface area contributed by atoms with Crippen molar-refractivity contribution in [2.45, 2.75) is 57.4 Å². The van der Waals surface area contributed by atoms with Crippen LogP contribution in [0.4, 0.5) is 16.0 Å². The van der Waals surface area contributed by atoms with Gasteiger partial charge in [0.25, 0.3) is 0 Å². The topological polar surface area (TPSA) is 79.2 Å². The summed E-state index contributed by atoms with van der Waals surface area (Å²) in [5, 5.41) is 3.01. The highest BCUT2D eigenvalue weighted by Gasteiger charge is 2.43. The second-order valence-corrected chi connectivity index (χ2v) is 11.5. The number of nitrogens with one attached hydrogen (secondary N) is 1. The molecule has 1 aromatic carbocycles. The summed E-state index contributed by atoms with van der Waals surface area (Å²) in [5.41, 5.74) is 1.86. The molecule has 5 heterocycles. The van der Waals surface area contributed by atoms with E-state index in [0.29, 0.717) is 5.82 Å². The van der Waals surface area contributed by atoms with Gasteiger partial charge in [-0.05, 0) is 70.8 Å². The Kier molecular flexibility index (Phi) is 6.60. The summed E-state index contributed by atoms with van der Waals surface area (Å²) >= 11 is 6.09. The van der Waals surface area contributed by atoms with E-state index >= 15 is 0 Å². The van der Waals surface area contributed by atoms with Gasteiger partial charge < -0.3 is 19.7 Å². The molecular formula is C28H33ClFN7O. The molecule has 0 bridgehead atoms. The number of likely N-dealkylation sites (tertiary alicyclic amines) is 1. The van der Waals surface area contributed by atoms with E-state index in [4.69, 9.17) is 16.6 Å². The summed E-state index contributed by atoms with van der Waals surface area (Å²) in [5.74, 6) is 2.36. The normalized spacial score (nSPS) is 19.7. The summed E-state index contributed by atoms with van der Waals surface area (Å²) in [6, 6.07) is 4.80. The summed E-state index contributed by atoms with van der Waals surface area (Å²) < 4.78 is 16.1. The first-order chi connectivity index (χ1) is 18.3. The number of fused-ring (bicyclic) bond motifs is 1. The van der Waals surface area contributed by atoms with Crippen LogP contribution in [0.1, 0.15) is 56.8 Å². The van der Waals surface area contributed by atoms with Gasteiger partial charge >= 0.3 is 0 Å². The van der Waals surface area contributed by atoms with Gasteiger partial charge in [0.05, 0.1) is 21.7 Å². The van der Waals surface area contributed by atoms with E-state index in [9.17, 15) is 9.18 Å². The maximum Gasteiger partial charge on any atom is 0.235 e. The predicted octanol–water partition coefficient (Wildman–Crippen LogP) is 4.84. The average molecular weight is 538 g/mol. The Labute approximate surface area is 227 Å². The SMILES string of the molecule is CC1(C)C(=O)Nc2ncnc(N3CCC(c4nc(-c5ccc(F)c(Cl)c5)cn4CCN4CCCC4)CC3)c21. The second-order valence-electron chi connectivity index (χ2n) is 11.1. The number of aromatic nitrogens is 4. The molecule has 0 radical (unpaired) electrons. The van der Waals surface area contributed by atoms with Crippen LogP contribution in [0.15, 0.2) is 30.7 Å². The highest BCUT2D eigenvalue weighted by molar-refractivity contribution is 6.31. The van der Waals surface area contributed by atoms with Crippen LogP contribution < -0.4 is 10.2 Å². The molecule has 2 aromatic heterocycles. The number of hydrogen-bond acceptors (Lipinski definition) is 6. The molecule has 1 N–H and O–H groups in total. The molecule has 6 rings (SSSR count). The molecule has 3 aromatic rings. The van der Waals surface area contributed by atoms with Gasteiger partial charge in [-0.1, -0.05) is 11.6 Å². The quantitative estimate of drug-likeness (QED) is 0.484. The minimum absolute atomic E-state index is 0.0439. The summed E-state index contributed by atoms with van der Waals surface area (Å²) in [4.78, 5) is 31.3. The number of imidazole rings is 1. The lowest BCUT2D eigenvalue weighted by Crippen LogP contribution is -2.37. The fraction of sp³-hybridized carbons (Fsp3) is 0.500. The molecule has 0 aliphatic carbocycles. The number of rotatable bonds is 6. The molecule has 200 valence electrons. The number of carbonyl (C=O) groups is 1. The van der Waals surface area contributed by atoms with Crippen molar-refractivity contribution >= 4 is 29.1 Å². The van der Waals surface area contributed by atoms with Crippen LogP contribution in [-0.4, -0.2) is 63.0 Å². The third kappa shape index (κ3) is 4.56. The Morgan fingerprint density at radius 1 is 1.11 bits per heavy atom. The van der Waals surface area contributed by atoms with Crippen LogP contribution in [-0.2, 0) is 16.8 Å². The lowest BCUT2D eigenvalue weighted by Gasteiger charge is -2.34. The Balaban J connectivity index is 1.24. The van der Waals surface area contributed by atoms with Gasteiger partial charge in [-0.3, -0.25) is 4.79 Å². The molecule has 2 saturated heterocycles. The van der Waals surface area contributed by atoms with Gasteiger partial charge in [-0.15, -0.1) is 0 Å². The summed E-state index contributed by atoms with van der Waals surface area (Å²) in [6.07, 6.45) is 8.00. The van der Waals surface area contributed by atoms with Crippen molar-refractivity contribution in [3.8, 4) is 11.3 Å². The number of anilines is 2. The molecule has 0 spiro atoms. The maximum absolute atomic E-state index is 13.8. The maximum atomic E-state index is 13.8. The van der Waals surface area contributed by atoms with Crippen LogP contribution in [0.3, 0.4) is 0 Å². The van der Waals surface area contributed by atoms with Crippen LogP contribution in [0.25, 0.3) is 11.3 Å². The third-order valence-corrected chi connectivity index (χ3v) is 8.58. The van der Waals surface area contributed by atoms with Gasteiger partial charge in [-0.25, -0.2) is 19.3 Å². The highest BCUT2D eigenvalue weighted by atomic mass is 35.5. The molecule has 0 unspecified atom stereocenters. The predicted molar refractivity (Wildman–Crippen MR) is 146 cm³/mol. The van der Waals surface area contributed by atoms with Crippen molar-refractivity contribution in [3.05, 3.63) is 53.0 Å². The van der Waals surface area contributed by atoms with E-state index in [0.717, 1.165) is 80.6 Å². The lowest BCUT2D eigenvalue weighted by molar-refractivity contribution is -0.119. The average Bonchev–Trinajstić information content (AvgIpc) is 3.63. The molecule has 1 amide bonds.